The Bertz CT molecular complexity index is 538. The summed E-state index contributed by atoms with van der Waals surface area (Å²) in [5.41, 5.74) is 8.43. The van der Waals surface area contributed by atoms with Crippen LogP contribution in [-0.4, -0.2) is 9.97 Å². The Kier molecular flexibility index (Phi) is 2.56. The molecule has 0 atom stereocenters. The standard InChI is InChI=1S/C12H12FN3/c1-7-6-15-12(14)16-11(7)9-4-3-5-10(13)8(9)2/h3-6H,1-2H3,(H2,14,15,16). The fraction of sp³-hybridized carbons (Fsp3) is 0.167. The first-order valence-corrected chi connectivity index (χ1v) is 4.94. The van der Waals surface area contributed by atoms with Crippen LogP contribution in [0.3, 0.4) is 0 Å². The van der Waals surface area contributed by atoms with Crippen LogP contribution in [0.25, 0.3) is 11.3 Å². The quantitative estimate of drug-likeness (QED) is 0.798. The van der Waals surface area contributed by atoms with E-state index < -0.39 is 0 Å². The number of anilines is 1. The van der Waals surface area contributed by atoms with Crippen molar-refractivity contribution in [3.05, 3.63) is 41.3 Å². The average molecular weight is 217 g/mol. The van der Waals surface area contributed by atoms with E-state index in [0.717, 1.165) is 11.1 Å². The summed E-state index contributed by atoms with van der Waals surface area (Å²) in [6.45, 7) is 3.60. The molecule has 2 aromatic rings. The topological polar surface area (TPSA) is 51.8 Å². The van der Waals surface area contributed by atoms with Crippen LogP contribution >= 0.6 is 0 Å². The molecule has 0 aliphatic carbocycles. The Morgan fingerprint density at radius 3 is 2.75 bits per heavy atom. The lowest BCUT2D eigenvalue weighted by atomic mass is 10.0. The first-order chi connectivity index (χ1) is 7.59. The highest BCUT2D eigenvalue weighted by Crippen LogP contribution is 2.26. The molecule has 1 heterocycles. The SMILES string of the molecule is Cc1cnc(N)nc1-c1cccc(F)c1C. The number of hydrogen-bond acceptors (Lipinski definition) is 3. The van der Waals surface area contributed by atoms with Crippen LogP contribution in [0, 0.1) is 19.7 Å². The average Bonchev–Trinajstić information content (AvgIpc) is 2.26. The highest BCUT2D eigenvalue weighted by molar-refractivity contribution is 5.67. The van der Waals surface area contributed by atoms with Crippen LogP contribution in [0.5, 0.6) is 0 Å². The molecule has 0 spiro atoms. The van der Waals surface area contributed by atoms with Gasteiger partial charge in [0.15, 0.2) is 0 Å². The third kappa shape index (κ3) is 1.74. The molecule has 0 bridgehead atoms. The smallest absolute Gasteiger partial charge is 0.220 e. The van der Waals surface area contributed by atoms with Gasteiger partial charge in [0.2, 0.25) is 5.95 Å². The largest absolute Gasteiger partial charge is 0.368 e. The van der Waals surface area contributed by atoms with E-state index >= 15 is 0 Å². The molecule has 2 rings (SSSR count). The number of nitrogen functional groups attached to an aromatic ring is 1. The number of benzene rings is 1. The van der Waals surface area contributed by atoms with Crippen LogP contribution in [0.4, 0.5) is 10.3 Å². The van der Waals surface area contributed by atoms with Crippen molar-refractivity contribution in [1.29, 1.82) is 0 Å². The second-order valence-electron chi connectivity index (χ2n) is 3.67. The van der Waals surface area contributed by atoms with Gasteiger partial charge < -0.3 is 5.73 Å². The van der Waals surface area contributed by atoms with Gasteiger partial charge in [0.1, 0.15) is 5.82 Å². The molecule has 1 aromatic carbocycles. The van der Waals surface area contributed by atoms with Crippen LogP contribution in [0.15, 0.2) is 24.4 Å². The van der Waals surface area contributed by atoms with E-state index in [1.807, 2.05) is 13.0 Å². The molecule has 82 valence electrons. The van der Waals surface area contributed by atoms with Gasteiger partial charge in [-0.1, -0.05) is 12.1 Å². The van der Waals surface area contributed by atoms with Crippen molar-refractivity contribution in [2.75, 3.05) is 5.73 Å². The van der Waals surface area contributed by atoms with Gasteiger partial charge in [-0.05, 0) is 31.0 Å². The molecule has 0 saturated heterocycles. The third-order valence-electron chi connectivity index (χ3n) is 2.51. The van der Waals surface area contributed by atoms with Crippen LogP contribution in [0.2, 0.25) is 0 Å². The molecule has 0 aliphatic heterocycles. The van der Waals surface area contributed by atoms with Gasteiger partial charge in [0.05, 0.1) is 5.69 Å². The molecule has 0 aliphatic rings. The van der Waals surface area contributed by atoms with E-state index in [1.54, 1.807) is 19.2 Å². The number of nitrogens with zero attached hydrogens (tertiary/aromatic N) is 2. The van der Waals surface area contributed by atoms with Gasteiger partial charge >= 0.3 is 0 Å². The van der Waals surface area contributed by atoms with Crippen LogP contribution in [0.1, 0.15) is 11.1 Å². The van der Waals surface area contributed by atoms with Crippen molar-refractivity contribution >= 4 is 5.95 Å². The molecule has 0 amide bonds. The van der Waals surface area contributed by atoms with E-state index in [4.69, 9.17) is 5.73 Å². The minimum absolute atomic E-state index is 0.198. The molecule has 2 N–H and O–H groups in total. The number of rotatable bonds is 1. The zero-order valence-corrected chi connectivity index (χ0v) is 9.16. The second kappa shape index (κ2) is 3.89. The predicted molar refractivity (Wildman–Crippen MR) is 61.3 cm³/mol. The molecule has 0 radical (unpaired) electrons. The molecule has 16 heavy (non-hydrogen) atoms. The lowest BCUT2D eigenvalue weighted by molar-refractivity contribution is 0.619. The molecule has 0 fully saturated rings. The molecule has 3 nitrogen and oxygen atoms in total. The number of aryl methyl sites for hydroxylation is 1. The third-order valence-corrected chi connectivity index (χ3v) is 2.51. The second-order valence-corrected chi connectivity index (χ2v) is 3.67. The fourth-order valence-corrected chi connectivity index (χ4v) is 1.59. The highest BCUT2D eigenvalue weighted by atomic mass is 19.1. The Hall–Kier alpha value is -1.97. The minimum atomic E-state index is -0.242. The van der Waals surface area contributed by atoms with Gasteiger partial charge in [-0.2, -0.15) is 0 Å². The summed E-state index contributed by atoms with van der Waals surface area (Å²) in [6, 6.07) is 4.92. The van der Waals surface area contributed by atoms with Crippen molar-refractivity contribution < 1.29 is 4.39 Å². The fourth-order valence-electron chi connectivity index (χ4n) is 1.59. The van der Waals surface area contributed by atoms with Gasteiger partial charge in [0.25, 0.3) is 0 Å². The first kappa shape index (κ1) is 10.5. The molecule has 4 heteroatoms. The molecule has 0 unspecified atom stereocenters. The number of nitrogens with two attached hydrogens (primary N) is 1. The first-order valence-electron chi connectivity index (χ1n) is 4.94. The summed E-state index contributed by atoms with van der Waals surface area (Å²) in [4.78, 5) is 8.03. The lowest BCUT2D eigenvalue weighted by Crippen LogP contribution is -1.99. The van der Waals surface area contributed by atoms with Crippen molar-refractivity contribution in [2.24, 2.45) is 0 Å². The van der Waals surface area contributed by atoms with E-state index in [0.29, 0.717) is 11.3 Å². The van der Waals surface area contributed by atoms with Crippen molar-refractivity contribution in [3.8, 4) is 11.3 Å². The van der Waals surface area contributed by atoms with E-state index in [1.165, 1.54) is 6.07 Å². The summed E-state index contributed by atoms with van der Waals surface area (Å²) >= 11 is 0. The zero-order valence-electron chi connectivity index (χ0n) is 9.16. The van der Waals surface area contributed by atoms with Gasteiger partial charge in [-0.25, -0.2) is 14.4 Å². The van der Waals surface area contributed by atoms with Crippen LogP contribution < -0.4 is 5.73 Å². The summed E-state index contributed by atoms with van der Waals surface area (Å²) in [7, 11) is 0. The normalized spacial score (nSPS) is 10.4. The van der Waals surface area contributed by atoms with Gasteiger partial charge in [-0.15, -0.1) is 0 Å². The Morgan fingerprint density at radius 2 is 2.00 bits per heavy atom. The maximum atomic E-state index is 13.4. The molecular formula is C12H12FN3. The Balaban J connectivity index is 2.67. The minimum Gasteiger partial charge on any atom is -0.368 e. The van der Waals surface area contributed by atoms with Crippen LogP contribution in [-0.2, 0) is 0 Å². The summed E-state index contributed by atoms with van der Waals surface area (Å²) in [5.74, 6) is -0.0432. The van der Waals surface area contributed by atoms with E-state index in [9.17, 15) is 4.39 Å². The van der Waals surface area contributed by atoms with E-state index in [-0.39, 0.29) is 11.8 Å². The summed E-state index contributed by atoms with van der Waals surface area (Å²) in [6.07, 6.45) is 1.64. The van der Waals surface area contributed by atoms with Crippen molar-refractivity contribution in [2.45, 2.75) is 13.8 Å². The van der Waals surface area contributed by atoms with Crippen molar-refractivity contribution in [3.63, 3.8) is 0 Å². The highest BCUT2D eigenvalue weighted by Gasteiger charge is 2.10. The number of aromatic nitrogens is 2. The maximum absolute atomic E-state index is 13.4. The lowest BCUT2D eigenvalue weighted by Gasteiger charge is -2.08. The maximum Gasteiger partial charge on any atom is 0.220 e. The Labute approximate surface area is 93.2 Å². The summed E-state index contributed by atoms with van der Waals surface area (Å²) < 4.78 is 13.4. The molecule has 1 aromatic heterocycles. The predicted octanol–water partition coefficient (Wildman–Crippen LogP) is 2.48. The number of halogens is 1. The molecular weight excluding hydrogens is 205 g/mol. The summed E-state index contributed by atoms with van der Waals surface area (Å²) in [5, 5.41) is 0. The monoisotopic (exact) mass is 217 g/mol. The van der Waals surface area contributed by atoms with Gasteiger partial charge in [0, 0.05) is 11.8 Å². The number of hydrogen-bond donors (Lipinski definition) is 1. The Morgan fingerprint density at radius 1 is 1.25 bits per heavy atom. The van der Waals surface area contributed by atoms with Gasteiger partial charge in [-0.3, -0.25) is 0 Å². The van der Waals surface area contributed by atoms with E-state index in [2.05, 4.69) is 9.97 Å². The molecule has 0 saturated carbocycles. The van der Waals surface area contributed by atoms with Crippen molar-refractivity contribution in [1.82, 2.24) is 9.97 Å². The zero-order chi connectivity index (χ0) is 11.7.